The SMILES string of the molecule is Nc1nc2c(c(=O)[nH]1)=NC(c1ccccc1)N=2. The van der Waals surface area contributed by atoms with Crippen molar-refractivity contribution >= 4 is 5.95 Å². The second kappa shape index (κ2) is 3.51. The first-order valence-corrected chi connectivity index (χ1v) is 5.10. The van der Waals surface area contributed by atoms with Crippen LogP contribution < -0.4 is 22.1 Å². The van der Waals surface area contributed by atoms with Crippen molar-refractivity contribution in [2.24, 2.45) is 9.98 Å². The van der Waals surface area contributed by atoms with E-state index in [9.17, 15) is 4.79 Å². The number of rotatable bonds is 1. The van der Waals surface area contributed by atoms with Crippen LogP contribution in [0.5, 0.6) is 0 Å². The predicted octanol–water partition coefficient (Wildman–Crippen LogP) is -0.696. The Hall–Kier alpha value is -2.50. The average molecular weight is 227 g/mol. The Labute approximate surface area is 95.6 Å². The summed E-state index contributed by atoms with van der Waals surface area (Å²) < 4.78 is 0. The highest BCUT2D eigenvalue weighted by molar-refractivity contribution is 5.20. The first-order chi connectivity index (χ1) is 8.24. The van der Waals surface area contributed by atoms with Gasteiger partial charge in [-0.2, -0.15) is 4.98 Å². The maximum atomic E-state index is 11.6. The molecule has 0 radical (unpaired) electrons. The van der Waals surface area contributed by atoms with E-state index in [0.29, 0.717) is 5.49 Å². The van der Waals surface area contributed by atoms with Gasteiger partial charge in [-0.3, -0.25) is 9.78 Å². The number of aromatic nitrogens is 2. The number of nitrogens with zero attached hydrogens (tertiary/aromatic N) is 3. The molecule has 3 N–H and O–H groups in total. The van der Waals surface area contributed by atoms with Gasteiger partial charge in [0.1, 0.15) is 0 Å². The quantitative estimate of drug-likeness (QED) is 0.674. The smallest absolute Gasteiger partial charge is 0.280 e. The third-order valence-corrected chi connectivity index (χ3v) is 2.49. The average Bonchev–Trinajstić information content (AvgIpc) is 2.74. The molecule has 1 unspecified atom stereocenters. The molecule has 1 atom stereocenters. The summed E-state index contributed by atoms with van der Waals surface area (Å²) in [6.07, 6.45) is -0.401. The van der Waals surface area contributed by atoms with E-state index in [1.165, 1.54) is 0 Å². The molecule has 17 heavy (non-hydrogen) atoms. The minimum absolute atomic E-state index is 0.0569. The predicted molar refractivity (Wildman–Crippen MR) is 60.8 cm³/mol. The molecule has 1 aliphatic heterocycles. The second-order valence-electron chi connectivity index (χ2n) is 3.67. The van der Waals surface area contributed by atoms with Gasteiger partial charge in [0.05, 0.1) is 0 Å². The number of fused-ring (bicyclic) bond motifs is 1. The molecule has 0 saturated carbocycles. The molecular weight excluding hydrogens is 218 g/mol. The highest BCUT2D eigenvalue weighted by Gasteiger charge is 2.15. The fourth-order valence-corrected chi connectivity index (χ4v) is 1.72. The fraction of sp³-hybridized carbons (Fsp3) is 0.0909. The Kier molecular flexibility index (Phi) is 2.01. The number of aromatic amines is 1. The summed E-state index contributed by atoms with van der Waals surface area (Å²) in [6, 6.07) is 9.52. The van der Waals surface area contributed by atoms with E-state index in [0.717, 1.165) is 5.56 Å². The lowest BCUT2D eigenvalue weighted by Crippen LogP contribution is -2.41. The van der Waals surface area contributed by atoms with Gasteiger partial charge in [-0.15, -0.1) is 0 Å². The van der Waals surface area contributed by atoms with Crippen molar-refractivity contribution in [2.75, 3.05) is 5.73 Å². The van der Waals surface area contributed by atoms with E-state index in [4.69, 9.17) is 5.73 Å². The van der Waals surface area contributed by atoms with Crippen LogP contribution in [0.1, 0.15) is 11.7 Å². The summed E-state index contributed by atoms with van der Waals surface area (Å²) in [5.41, 5.74) is 6.32. The van der Waals surface area contributed by atoms with E-state index in [2.05, 4.69) is 20.0 Å². The maximum absolute atomic E-state index is 11.6. The van der Waals surface area contributed by atoms with Gasteiger partial charge >= 0.3 is 0 Å². The monoisotopic (exact) mass is 227 g/mol. The molecule has 2 heterocycles. The molecule has 3 rings (SSSR count). The third-order valence-electron chi connectivity index (χ3n) is 2.49. The van der Waals surface area contributed by atoms with Crippen molar-refractivity contribution in [2.45, 2.75) is 6.17 Å². The Bertz CT molecular complexity index is 735. The first-order valence-electron chi connectivity index (χ1n) is 5.10. The number of hydrogen-bond acceptors (Lipinski definition) is 5. The van der Waals surface area contributed by atoms with E-state index >= 15 is 0 Å². The number of H-pyrrole nitrogens is 1. The zero-order valence-corrected chi connectivity index (χ0v) is 8.79. The molecule has 0 bridgehead atoms. The topological polar surface area (TPSA) is 96.5 Å². The van der Waals surface area contributed by atoms with Crippen LogP contribution in [0.3, 0.4) is 0 Å². The van der Waals surface area contributed by atoms with Crippen molar-refractivity contribution in [1.29, 1.82) is 0 Å². The number of nitrogens with two attached hydrogens (primary N) is 1. The van der Waals surface area contributed by atoms with Gasteiger partial charge in [0.25, 0.3) is 5.56 Å². The molecule has 0 spiro atoms. The fourth-order valence-electron chi connectivity index (χ4n) is 1.72. The molecule has 2 aromatic rings. The van der Waals surface area contributed by atoms with E-state index < -0.39 is 6.17 Å². The molecule has 0 fully saturated rings. The number of anilines is 1. The third kappa shape index (κ3) is 1.59. The van der Waals surface area contributed by atoms with Crippen LogP contribution in [0.4, 0.5) is 5.95 Å². The van der Waals surface area contributed by atoms with Gasteiger partial charge in [-0.1, -0.05) is 30.3 Å². The lowest BCUT2D eigenvalue weighted by atomic mass is 10.2. The molecule has 1 aromatic heterocycles. The van der Waals surface area contributed by atoms with Gasteiger partial charge < -0.3 is 5.73 Å². The van der Waals surface area contributed by atoms with Crippen molar-refractivity contribution in [3.8, 4) is 0 Å². The maximum Gasteiger partial charge on any atom is 0.280 e. The molecular formula is C11H9N5O. The molecule has 84 valence electrons. The van der Waals surface area contributed by atoms with Crippen molar-refractivity contribution in [3.05, 3.63) is 57.1 Å². The molecule has 1 aliphatic rings. The molecule has 0 amide bonds. The first kappa shape index (κ1) is 9.71. The molecule has 0 saturated heterocycles. The minimum atomic E-state index is -0.401. The standard InChI is InChI=1S/C11H9N5O/c12-11-15-9-7(10(17)16-11)13-8(14-9)6-4-2-1-3-5-6/h1-5,8H,(H3,12,14,15,16,17). The largest absolute Gasteiger partial charge is 0.369 e. The number of nitrogens with one attached hydrogen (secondary N) is 1. The van der Waals surface area contributed by atoms with Crippen molar-refractivity contribution in [1.82, 2.24) is 9.97 Å². The highest BCUT2D eigenvalue weighted by Crippen LogP contribution is 2.17. The van der Waals surface area contributed by atoms with Crippen LogP contribution in [-0.4, -0.2) is 9.97 Å². The zero-order chi connectivity index (χ0) is 11.8. The Morgan fingerprint density at radius 3 is 2.71 bits per heavy atom. The van der Waals surface area contributed by atoms with Crippen LogP contribution in [-0.2, 0) is 0 Å². The van der Waals surface area contributed by atoms with Gasteiger partial charge in [0.15, 0.2) is 17.0 Å². The van der Waals surface area contributed by atoms with Crippen LogP contribution in [0.2, 0.25) is 0 Å². The molecule has 1 aromatic carbocycles. The van der Waals surface area contributed by atoms with Crippen LogP contribution in [0, 0.1) is 0 Å². The Balaban J connectivity index is 2.20. The number of benzene rings is 1. The van der Waals surface area contributed by atoms with E-state index in [1.807, 2.05) is 30.3 Å². The van der Waals surface area contributed by atoms with Gasteiger partial charge in [-0.25, -0.2) is 9.98 Å². The summed E-state index contributed by atoms with van der Waals surface area (Å²) in [6.45, 7) is 0. The van der Waals surface area contributed by atoms with Crippen LogP contribution in [0.25, 0.3) is 0 Å². The number of hydrogen-bond donors (Lipinski definition) is 2. The van der Waals surface area contributed by atoms with E-state index in [1.54, 1.807) is 0 Å². The summed E-state index contributed by atoms with van der Waals surface area (Å²) in [5, 5.41) is 0.244. The lowest BCUT2D eigenvalue weighted by molar-refractivity contribution is 0.767. The Morgan fingerprint density at radius 2 is 1.94 bits per heavy atom. The zero-order valence-electron chi connectivity index (χ0n) is 8.79. The minimum Gasteiger partial charge on any atom is -0.369 e. The normalized spacial score (nSPS) is 17.1. The molecule has 6 heteroatoms. The van der Waals surface area contributed by atoms with Crippen LogP contribution >= 0.6 is 0 Å². The van der Waals surface area contributed by atoms with E-state index in [-0.39, 0.29) is 16.9 Å². The summed E-state index contributed by atoms with van der Waals surface area (Å²) in [4.78, 5) is 26.4. The summed E-state index contributed by atoms with van der Waals surface area (Å²) in [7, 11) is 0. The highest BCUT2D eigenvalue weighted by atomic mass is 16.1. The van der Waals surface area contributed by atoms with Gasteiger partial charge in [0, 0.05) is 0 Å². The summed E-state index contributed by atoms with van der Waals surface area (Å²) >= 11 is 0. The Morgan fingerprint density at radius 1 is 1.18 bits per heavy atom. The van der Waals surface area contributed by atoms with Crippen molar-refractivity contribution < 1.29 is 0 Å². The molecule has 6 nitrogen and oxygen atoms in total. The summed E-state index contributed by atoms with van der Waals surface area (Å²) in [5.74, 6) is 0.0569. The van der Waals surface area contributed by atoms with Crippen LogP contribution in [0.15, 0.2) is 45.1 Å². The second-order valence-corrected chi connectivity index (χ2v) is 3.67. The van der Waals surface area contributed by atoms with Gasteiger partial charge in [0.2, 0.25) is 5.95 Å². The van der Waals surface area contributed by atoms with Gasteiger partial charge in [-0.05, 0) is 5.56 Å². The van der Waals surface area contributed by atoms with Crippen molar-refractivity contribution in [3.63, 3.8) is 0 Å². The lowest BCUT2D eigenvalue weighted by Gasteiger charge is -2.01. The number of nitrogen functional groups attached to an aromatic ring is 1. The molecule has 0 aliphatic carbocycles.